The molecule has 0 radical (unpaired) electrons. The molecule has 2 aromatic heterocycles. The monoisotopic (exact) mass is 302 g/mol. The molecule has 0 bridgehead atoms. The minimum absolute atomic E-state index is 0.0330. The molecule has 0 unspecified atom stereocenters. The Morgan fingerprint density at radius 3 is 2.91 bits per heavy atom. The van der Waals surface area contributed by atoms with Gasteiger partial charge < -0.3 is 13.7 Å². The Morgan fingerprint density at radius 1 is 1.41 bits per heavy atom. The minimum Gasteiger partial charge on any atom is -0.448 e. The number of ether oxygens (including phenoxy) is 1. The average Bonchev–Trinajstić information content (AvgIpc) is 3.00. The molecule has 2 heterocycles. The Hall–Kier alpha value is -2.90. The van der Waals surface area contributed by atoms with E-state index in [1.165, 1.54) is 0 Å². The smallest absolute Gasteiger partial charge is 0.447 e. The van der Waals surface area contributed by atoms with Crippen LogP contribution in [0.1, 0.15) is 12.5 Å². The number of aryl methyl sites for hydroxylation is 2. The SMILES string of the molecule is CCOC(=O)n1nc(-c2nc3cc(C)ccc3n2C)oc1=O. The predicted octanol–water partition coefficient (Wildman–Crippen LogP) is 1.70. The maximum absolute atomic E-state index is 11.7. The van der Waals surface area contributed by atoms with E-state index in [0.717, 1.165) is 16.6 Å². The predicted molar refractivity (Wildman–Crippen MR) is 77.6 cm³/mol. The van der Waals surface area contributed by atoms with E-state index in [0.29, 0.717) is 10.5 Å². The van der Waals surface area contributed by atoms with Crippen LogP contribution in [0.4, 0.5) is 4.79 Å². The van der Waals surface area contributed by atoms with Crippen LogP contribution in [0, 0.1) is 6.92 Å². The average molecular weight is 302 g/mol. The first kappa shape index (κ1) is 14.1. The minimum atomic E-state index is -0.906. The van der Waals surface area contributed by atoms with Crippen molar-refractivity contribution in [2.24, 2.45) is 7.05 Å². The summed E-state index contributed by atoms with van der Waals surface area (Å²) in [7, 11) is 1.78. The summed E-state index contributed by atoms with van der Waals surface area (Å²) in [5.41, 5.74) is 2.69. The first-order chi connectivity index (χ1) is 10.5. The number of fused-ring (bicyclic) bond motifs is 1. The molecule has 0 aliphatic heterocycles. The number of hydrogen-bond donors (Lipinski definition) is 0. The first-order valence-electron chi connectivity index (χ1n) is 6.72. The van der Waals surface area contributed by atoms with Crippen LogP contribution in [-0.4, -0.2) is 32.0 Å². The van der Waals surface area contributed by atoms with Crippen LogP contribution < -0.4 is 5.76 Å². The molecule has 3 aromatic rings. The highest BCUT2D eigenvalue weighted by atomic mass is 16.6. The molecule has 114 valence electrons. The van der Waals surface area contributed by atoms with Gasteiger partial charge in [-0.1, -0.05) is 10.7 Å². The van der Waals surface area contributed by atoms with Crippen molar-refractivity contribution in [2.45, 2.75) is 13.8 Å². The Bertz CT molecular complexity index is 919. The van der Waals surface area contributed by atoms with Gasteiger partial charge in [-0.3, -0.25) is 0 Å². The van der Waals surface area contributed by atoms with Crippen molar-refractivity contribution < 1.29 is 13.9 Å². The normalized spacial score (nSPS) is 11.0. The summed E-state index contributed by atoms with van der Waals surface area (Å²) in [6, 6.07) is 5.79. The highest BCUT2D eigenvalue weighted by Gasteiger charge is 2.21. The quantitative estimate of drug-likeness (QED) is 0.715. The van der Waals surface area contributed by atoms with Gasteiger partial charge in [0.15, 0.2) is 5.82 Å². The summed E-state index contributed by atoms with van der Waals surface area (Å²) in [5.74, 6) is -0.577. The summed E-state index contributed by atoms with van der Waals surface area (Å²) in [6.07, 6.45) is -0.878. The molecule has 1 aromatic carbocycles. The van der Waals surface area contributed by atoms with E-state index in [9.17, 15) is 9.59 Å². The Balaban J connectivity index is 2.12. The van der Waals surface area contributed by atoms with Crippen molar-refractivity contribution in [3.63, 3.8) is 0 Å². The van der Waals surface area contributed by atoms with Crippen molar-refractivity contribution in [1.82, 2.24) is 19.3 Å². The van der Waals surface area contributed by atoms with Gasteiger partial charge in [0, 0.05) is 7.05 Å². The first-order valence-corrected chi connectivity index (χ1v) is 6.72. The lowest BCUT2D eigenvalue weighted by atomic mass is 10.2. The van der Waals surface area contributed by atoms with Gasteiger partial charge in [0.1, 0.15) is 0 Å². The molecule has 0 saturated heterocycles. The van der Waals surface area contributed by atoms with Crippen LogP contribution >= 0.6 is 0 Å². The fraction of sp³-hybridized carbons (Fsp3) is 0.286. The molecule has 3 rings (SSSR count). The zero-order valence-corrected chi connectivity index (χ0v) is 12.4. The maximum atomic E-state index is 11.7. The summed E-state index contributed by atoms with van der Waals surface area (Å²) in [5, 5.41) is 3.86. The number of aromatic nitrogens is 4. The molecule has 0 atom stereocenters. The van der Waals surface area contributed by atoms with Crippen LogP contribution in [0.5, 0.6) is 0 Å². The number of rotatable bonds is 2. The number of benzene rings is 1. The molecule has 0 spiro atoms. The lowest BCUT2D eigenvalue weighted by Crippen LogP contribution is -2.25. The van der Waals surface area contributed by atoms with E-state index >= 15 is 0 Å². The maximum Gasteiger partial charge on any atom is 0.447 e. The van der Waals surface area contributed by atoms with Crippen molar-refractivity contribution in [1.29, 1.82) is 0 Å². The zero-order valence-electron chi connectivity index (χ0n) is 12.4. The van der Waals surface area contributed by atoms with E-state index in [1.807, 2.05) is 25.1 Å². The Morgan fingerprint density at radius 2 is 2.18 bits per heavy atom. The van der Waals surface area contributed by atoms with E-state index in [4.69, 9.17) is 9.15 Å². The summed E-state index contributed by atoms with van der Waals surface area (Å²) >= 11 is 0. The summed E-state index contributed by atoms with van der Waals surface area (Å²) in [4.78, 5) is 27.7. The molecule has 0 amide bonds. The summed E-state index contributed by atoms with van der Waals surface area (Å²) in [6.45, 7) is 3.74. The van der Waals surface area contributed by atoms with Gasteiger partial charge in [0.25, 0.3) is 5.89 Å². The second-order valence-electron chi connectivity index (χ2n) is 4.77. The van der Waals surface area contributed by atoms with E-state index in [1.54, 1.807) is 18.5 Å². The Kier molecular flexibility index (Phi) is 3.28. The number of carbonyl (C=O) groups excluding carboxylic acids is 1. The van der Waals surface area contributed by atoms with E-state index in [2.05, 4.69) is 10.1 Å². The molecule has 0 aliphatic rings. The lowest BCUT2D eigenvalue weighted by Gasteiger charge is -1.98. The molecule has 0 aliphatic carbocycles. The molecular formula is C14H14N4O4. The van der Waals surface area contributed by atoms with Crippen LogP contribution in [0.3, 0.4) is 0 Å². The van der Waals surface area contributed by atoms with Gasteiger partial charge in [-0.05, 0) is 31.5 Å². The molecule has 22 heavy (non-hydrogen) atoms. The van der Waals surface area contributed by atoms with Crippen molar-refractivity contribution in [2.75, 3.05) is 6.61 Å². The fourth-order valence-electron chi connectivity index (χ4n) is 2.17. The highest BCUT2D eigenvalue weighted by Crippen LogP contribution is 2.22. The van der Waals surface area contributed by atoms with E-state index < -0.39 is 11.8 Å². The van der Waals surface area contributed by atoms with Crippen molar-refractivity contribution in [3.8, 4) is 11.7 Å². The number of carbonyl (C=O) groups is 1. The summed E-state index contributed by atoms with van der Waals surface area (Å²) < 4.78 is 12.0. The second-order valence-corrected chi connectivity index (χ2v) is 4.77. The number of imidazole rings is 1. The van der Waals surface area contributed by atoms with Crippen LogP contribution in [-0.2, 0) is 11.8 Å². The largest absolute Gasteiger partial charge is 0.448 e. The number of hydrogen-bond acceptors (Lipinski definition) is 6. The van der Waals surface area contributed by atoms with Crippen LogP contribution in [0.15, 0.2) is 27.4 Å². The lowest BCUT2D eigenvalue weighted by molar-refractivity contribution is 0.148. The highest BCUT2D eigenvalue weighted by molar-refractivity contribution is 5.80. The molecule has 0 fully saturated rings. The van der Waals surface area contributed by atoms with Gasteiger partial charge >= 0.3 is 11.8 Å². The van der Waals surface area contributed by atoms with Crippen LogP contribution in [0.2, 0.25) is 0 Å². The van der Waals surface area contributed by atoms with Gasteiger partial charge in [-0.15, -0.1) is 5.10 Å². The van der Waals surface area contributed by atoms with Gasteiger partial charge in [0.05, 0.1) is 17.6 Å². The zero-order chi connectivity index (χ0) is 15.9. The van der Waals surface area contributed by atoms with E-state index in [-0.39, 0.29) is 12.5 Å². The molecular weight excluding hydrogens is 288 g/mol. The third kappa shape index (κ3) is 2.18. The third-order valence-electron chi connectivity index (χ3n) is 3.22. The van der Waals surface area contributed by atoms with Gasteiger partial charge in [-0.25, -0.2) is 14.6 Å². The van der Waals surface area contributed by atoms with Crippen molar-refractivity contribution >= 4 is 17.1 Å². The molecule has 8 heteroatoms. The third-order valence-corrected chi connectivity index (χ3v) is 3.22. The topological polar surface area (TPSA) is 92.2 Å². The van der Waals surface area contributed by atoms with Gasteiger partial charge in [0.2, 0.25) is 0 Å². The van der Waals surface area contributed by atoms with Crippen molar-refractivity contribution in [3.05, 3.63) is 34.3 Å². The number of nitrogens with zero attached hydrogens (tertiary/aromatic N) is 4. The standard InChI is InChI=1S/C14H14N4O4/c1-4-21-13(19)18-14(20)22-12(16-18)11-15-9-7-8(2)5-6-10(9)17(11)3/h5-7H,4H2,1-3H3. The fourth-order valence-corrected chi connectivity index (χ4v) is 2.17. The molecule has 0 N–H and O–H groups in total. The van der Waals surface area contributed by atoms with Crippen LogP contribution in [0.25, 0.3) is 22.7 Å². The Labute approximate surface area is 124 Å². The second kappa shape index (κ2) is 5.14. The van der Waals surface area contributed by atoms with Gasteiger partial charge in [-0.2, -0.15) is 0 Å². The molecule has 8 nitrogen and oxygen atoms in total. The molecule has 0 saturated carbocycles.